The van der Waals surface area contributed by atoms with Gasteiger partial charge in [0, 0.05) is 0 Å². The molecule has 12 heavy (non-hydrogen) atoms. The van der Waals surface area contributed by atoms with Gasteiger partial charge in [0.15, 0.2) is 0 Å². The van der Waals surface area contributed by atoms with E-state index in [1.54, 1.807) is 0 Å². The molecule has 2 nitrogen and oxygen atoms in total. The van der Waals surface area contributed by atoms with Crippen LogP contribution < -0.4 is 10.9 Å². The molecular formula is C8H13NOSSi. The van der Waals surface area contributed by atoms with E-state index in [1.165, 1.54) is 16.5 Å². The first-order valence-electron chi connectivity index (χ1n) is 3.80. The number of thiophene rings is 1. The van der Waals surface area contributed by atoms with Gasteiger partial charge < -0.3 is 5.73 Å². The van der Waals surface area contributed by atoms with Gasteiger partial charge in [-0.3, -0.25) is 4.79 Å². The predicted molar refractivity (Wildman–Crippen MR) is 55.8 cm³/mol. The number of hydrogen-bond donors (Lipinski definition) is 1. The van der Waals surface area contributed by atoms with Gasteiger partial charge in [-0.15, -0.1) is 11.3 Å². The lowest BCUT2D eigenvalue weighted by Gasteiger charge is -2.15. The zero-order valence-electron chi connectivity index (χ0n) is 7.55. The van der Waals surface area contributed by atoms with Gasteiger partial charge in [0.05, 0.1) is 13.0 Å². The molecule has 0 aliphatic carbocycles. The van der Waals surface area contributed by atoms with Crippen molar-refractivity contribution in [1.82, 2.24) is 0 Å². The second kappa shape index (κ2) is 3.03. The standard InChI is InChI=1S/C8H13NOSSi/c1-12(2,3)6-4-5-11-7(6)8(9)10/h4-5H,1-3H3,(H2,9,10). The Morgan fingerprint density at radius 1 is 1.50 bits per heavy atom. The lowest BCUT2D eigenvalue weighted by atomic mass is 10.4. The topological polar surface area (TPSA) is 43.1 Å². The molecule has 1 aromatic rings. The third-order valence-electron chi connectivity index (χ3n) is 1.70. The summed E-state index contributed by atoms with van der Waals surface area (Å²) in [5.74, 6) is -0.289. The molecule has 0 aromatic carbocycles. The third kappa shape index (κ3) is 1.76. The first kappa shape index (κ1) is 9.47. The van der Waals surface area contributed by atoms with Crippen LogP contribution in [0.15, 0.2) is 11.4 Å². The Kier molecular flexibility index (Phi) is 2.39. The highest BCUT2D eigenvalue weighted by Gasteiger charge is 2.23. The van der Waals surface area contributed by atoms with Crippen LogP contribution in [-0.4, -0.2) is 14.0 Å². The zero-order valence-corrected chi connectivity index (χ0v) is 9.37. The van der Waals surface area contributed by atoms with Crippen LogP contribution in [0.5, 0.6) is 0 Å². The summed E-state index contributed by atoms with van der Waals surface area (Å²) in [5, 5.41) is 3.12. The van der Waals surface area contributed by atoms with Gasteiger partial charge in [-0.1, -0.05) is 25.7 Å². The average Bonchev–Trinajstić information content (AvgIpc) is 2.30. The van der Waals surface area contributed by atoms with Gasteiger partial charge in [0.1, 0.15) is 0 Å². The van der Waals surface area contributed by atoms with E-state index in [0.29, 0.717) is 0 Å². The Morgan fingerprint density at radius 2 is 2.08 bits per heavy atom. The maximum atomic E-state index is 11.0. The monoisotopic (exact) mass is 199 g/mol. The van der Waals surface area contributed by atoms with E-state index in [2.05, 4.69) is 19.6 Å². The summed E-state index contributed by atoms with van der Waals surface area (Å²) >= 11 is 1.44. The minimum atomic E-state index is -1.38. The summed E-state index contributed by atoms with van der Waals surface area (Å²) in [7, 11) is -1.38. The van der Waals surface area contributed by atoms with E-state index in [4.69, 9.17) is 5.73 Å². The van der Waals surface area contributed by atoms with E-state index in [9.17, 15) is 4.79 Å². The number of primary amides is 1. The molecule has 0 bridgehead atoms. The number of amides is 1. The zero-order chi connectivity index (χ0) is 9.35. The summed E-state index contributed by atoms with van der Waals surface area (Å²) in [6, 6.07) is 2.02. The lowest BCUT2D eigenvalue weighted by Crippen LogP contribution is -2.40. The van der Waals surface area contributed by atoms with Crippen molar-refractivity contribution in [3.63, 3.8) is 0 Å². The van der Waals surface area contributed by atoms with Gasteiger partial charge >= 0.3 is 0 Å². The summed E-state index contributed by atoms with van der Waals surface area (Å²) in [5.41, 5.74) is 5.25. The highest BCUT2D eigenvalue weighted by molar-refractivity contribution is 7.14. The van der Waals surface area contributed by atoms with Crippen LogP contribution in [0.1, 0.15) is 9.67 Å². The molecule has 4 heteroatoms. The van der Waals surface area contributed by atoms with E-state index in [-0.39, 0.29) is 5.91 Å². The summed E-state index contributed by atoms with van der Waals surface area (Å²) in [6.07, 6.45) is 0. The fraction of sp³-hybridized carbons (Fsp3) is 0.375. The van der Waals surface area contributed by atoms with Crippen molar-refractivity contribution in [2.45, 2.75) is 19.6 Å². The van der Waals surface area contributed by atoms with Crippen molar-refractivity contribution in [2.75, 3.05) is 0 Å². The van der Waals surface area contributed by atoms with Crippen LogP contribution in [0.25, 0.3) is 0 Å². The lowest BCUT2D eigenvalue weighted by molar-refractivity contribution is 0.100. The number of carbonyl (C=O) groups excluding carboxylic acids is 1. The number of rotatable bonds is 2. The van der Waals surface area contributed by atoms with Gasteiger partial charge in [-0.2, -0.15) is 0 Å². The third-order valence-corrected chi connectivity index (χ3v) is 4.84. The predicted octanol–water partition coefficient (Wildman–Crippen LogP) is 1.39. The SMILES string of the molecule is C[Si](C)(C)c1ccsc1C(N)=O. The highest BCUT2D eigenvalue weighted by Crippen LogP contribution is 2.12. The van der Waals surface area contributed by atoms with Gasteiger partial charge in [0.25, 0.3) is 5.91 Å². The Morgan fingerprint density at radius 3 is 2.42 bits per heavy atom. The van der Waals surface area contributed by atoms with Gasteiger partial charge in [-0.05, 0) is 10.6 Å². The minimum Gasteiger partial charge on any atom is -0.365 e. The Hall–Kier alpha value is -0.613. The van der Waals surface area contributed by atoms with Crippen molar-refractivity contribution < 1.29 is 4.79 Å². The molecule has 66 valence electrons. The smallest absolute Gasteiger partial charge is 0.258 e. The average molecular weight is 199 g/mol. The van der Waals surface area contributed by atoms with E-state index >= 15 is 0 Å². The van der Waals surface area contributed by atoms with Crippen molar-refractivity contribution >= 4 is 30.5 Å². The molecule has 0 radical (unpaired) electrons. The second-order valence-electron chi connectivity index (χ2n) is 3.78. The van der Waals surface area contributed by atoms with E-state index < -0.39 is 8.07 Å². The molecule has 0 saturated carbocycles. The fourth-order valence-corrected chi connectivity index (χ4v) is 4.35. The largest absolute Gasteiger partial charge is 0.365 e. The van der Waals surface area contributed by atoms with Crippen LogP contribution in [0.3, 0.4) is 0 Å². The van der Waals surface area contributed by atoms with Gasteiger partial charge in [0.2, 0.25) is 0 Å². The van der Waals surface area contributed by atoms with Crippen LogP contribution >= 0.6 is 11.3 Å². The highest BCUT2D eigenvalue weighted by atomic mass is 32.1. The van der Waals surface area contributed by atoms with Crippen molar-refractivity contribution in [1.29, 1.82) is 0 Å². The number of carbonyl (C=O) groups is 1. The van der Waals surface area contributed by atoms with E-state index in [0.717, 1.165) is 4.88 Å². The Balaban J connectivity index is 3.17. The molecular weight excluding hydrogens is 186 g/mol. The number of nitrogens with two attached hydrogens (primary N) is 1. The molecule has 2 N–H and O–H groups in total. The summed E-state index contributed by atoms with van der Waals surface area (Å²) in [6.45, 7) is 6.63. The molecule has 0 aliphatic rings. The molecule has 0 atom stereocenters. The quantitative estimate of drug-likeness (QED) is 0.719. The molecule has 1 rings (SSSR count). The molecule has 0 spiro atoms. The Bertz CT molecular complexity index is 300. The Labute approximate surface area is 77.4 Å². The van der Waals surface area contributed by atoms with Crippen molar-refractivity contribution in [3.8, 4) is 0 Å². The molecule has 1 amide bonds. The van der Waals surface area contributed by atoms with Crippen LogP contribution in [-0.2, 0) is 0 Å². The van der Waals surface area contributed by atoms with Crippen LogP contribution in [0, 0.1) is 0 Å². The van der Waals surface area contributed by atoms with Crippen molar-refractivity contribution in [3.05, 3.63) is 16.3 Å². The second-order valence-corrected chi connectivity index (χ2v) is 9.73. The molecule has 1 aromatic heterocycles. The summed E-state index contributed by atoms with van der Waals surface area (Å²) < 4.78 is 0. The molecule has 0 unspecified atom stereocenters. The van der Waals surface area contributed by atoms with Crippen LogP contribution in [0.2, 0.25) is 19.6 Å². The van der Waals surface area contributed by atoms with Crippen molar-refractivity contribution in [2.24, 2.45) is 5.73 Å². The maximum absolute atomic E-state index is 11.0. The summed E-state index contributed by atoms with van der Waals surface area (Å²) in [4.78, 5) is 11.7. The molecule has 0 aliphatic heterocycles. The first-order chi connectivity index (χ1) is 5.43. The maximum Gasteiger partial charge on any atom is 0.258 e. The van der Waals surface area contributed by atoms with Crippen LogP contribution in [0.4, 0.5) is 0 Å². The fourth-order valence-electron chi connectivity index (χ4n) is 1.09. The van der Waals surface area contributed by atoms with E-state index in [1.807, 2.05) is 11.4 Å². The van der Waals surface area contributed by atoms with Gasteiger partial charge in [-0.25, -0.2) is 0 Å². The molecule has 0 fully saturated rings. The molecule has 0 saturated heterocycles. The number of hydrogen-bond acceptors (Lipinski definition) is 2. The minimum absolute atomic E-state index is 0.289. The molecule has 1 heterocycles. The first-order valence-corrected chi connectivity index (χ1v) is 8.18. The normalized spacial score (nSPS) is 11.6.